The smallest absolute Gasteiger partial charge is 0.258 e. The molecule has 0 saturated carbocycles. The minimum Gasteiger partial charge on any atom is -0.494 e. The number of benzene rings is 1. The Morgan fingerprint density at radius 2 is 1.78 bits per heavy atom. The number of carbonyl (C=O) groups excluding carboxylic acids is 2. The summed E-state index contributed by atoms with van der Waals surface area (Å²) in [5, 5.41) is 6.58. The number of nitrogens with one attached hydrogen (secondary N) is 2. The van der Waals surface area contributed by atoms with Gasteiger partial charge in [0.05, 0.1) is 12.2 Å². The van der Waals surface area contributed by atoms with Crippen molar-refractivity contribution in [3.05, 3.63) is 40.3 Å². The van der Waals surface area contributed by atoms with E-state index < -0.39 is 0 Å². The van der Waals surface area contributed by atoms with E-state index in [1.54, 1.807) is 11.3 Å². The second-order valence-electron chi connectivity index (χ2n) is 6.58. The minimum absolute atomic E-state index is 0.0680. The fourth-order valence-corrected chi connectivity index (χ4v) is 4.58. The molecule has 0 spiro atoms. The molecule has 0 aliphatic heterocycles. The third-order valence-electron chi connectivity index (χ3n) is 4.65. The summed E-state index contributed by atoms with van der Waals surface area (Å²) in [6, 6.07) is 7.34. The van der Waals surface area contributed by atoms with Crippen LogP contribution < -0.4 is 15.4 Å². The molecular formula is C21H26N2O3S. The fraction of sp³-hybridized carbons (Fsp3) is 0.429. The molecule has 0 saturated heterocycles. The Morgan fingerprint density at radius 1 is 1.04 bits per heavy atom. The lowest BCUT2D eigenvalue weighted by atomic mass is 10.0. The Bertz CT molecular complexity index is 812. The number of rotatable bonds is 6. The summed E-state index contributed by atoms with van der Waals surface area (Å²) in [6.07, 6.45) is 5.65. The van der Waals surface area contributed by atoms with Crippen LogP contribution in [0.5, 0.6) is 5.75 Å². The largest absolute Gasteiger partial charge is 0.494 e. The van der Waals surface area contributed by atoms with Crippen LogP contribution in [0.25, 0.3) is 0 Å². The summed E-state index contributed by atoms with van der Waals surface area (Å²) in [6.45, 7) is 4.35. The molecule has 27 heavy (non-hydrogen) atoms. The third kappa shape index (κ3) is 4.69. The van der Waals surface area contributed by atoms with E-state index in [4.69, 9.17) is 4.74 Å². The summed E-state index contributed by atoms with van der Waals surface area (Å²) >= 11 is 1.55. The molecule has 1 aliphatic carbocycles. The maximum absolute atomic E-state index is 13.1. The van der Waals surface area contributed by atoms with Crippen LogP contribution in [0.3, 0.4) is 0 Å². The maximum atomic E-state index is 13.1. The maximum Gasteiger partial charge on any atom is 0.258 e. The second-order valence-corrected chi connectivity index (χ2v) is 7.69. The zero-order chi connectivity index (χ0) is 19.2. The van der Waals surface area contributed by atoms with Crippen molar-refractivity contribution in [2.24, 2.45) is 0 Å². The molecule has 0 radical (unpaired) electrons. The van der Waals surface area contributed by atoms with Gasteiger partial charge >= 0.3 is 0 Å². The summed E-state index contributed by atoms with van der Waals surface area (Å²) in [7, 11) is 0. The van der Waals surface area contributed by atoms with E-state index in [0.717, 1.165) is 37.0 Å². The number of ether oxygens (including phenoxy) is 1. The van der Waals surface area contributed by atoms with Gasteiger partial charge < -0.3 is 15.4 Å². The lowest BCUT2D eigenvalue weighted by Crippen LogP contribution is -2.17. The molecule has 1 aromatic carbocycles. The number of hydrogen-bond acceptors (Lipinski definition) is 4. The van der Waals surface area contributed by atoms with Crippen LogP contribution in [0.4, 0.5) is 10.7 Å². The summed E-state index contributed by atoms with van der Waals surface area (Å²) in [5.41, 5.74) is 2.45. The van der Waals surface area contributed by atoms with E-state index in [2.05, 4.69) is 10.6 Å². The fourth-order valence-electron chi connectivity index (χ4n) is 3.28. The summed E-state index contributed by atoms with van der Waals surface area (Å²) in [5.74, 6) is 0.544. The van der Waals surface area contributed by atoms with Gasteiger partial charge in [-0.05, 0) is 62.4 Å². The summed E-state index contributed by atoms with van der Waals surface area (Å²) in [4.78, 5) is 26.2. The van der Waals surface area contributed by atoms with Crippen molar-refractivity contribution in [2.75, 3.05) is 17.2 Å². The van der Waals surface area contributed by atoms with Crippen LogP contribution in [-0.4, -0.2) is 18.4 Å². The normalized spacial score (nSPS) is 13.4. The first-order chi connectivity index (χ1) is 13.1. The Morgan fingerprint density at radius 3 is 2.48 bits per heavy atom. The van der Waals surface area contributed by atoms with Crippen molar-refractivity contribution in [1.29, 1.82) is 0 Å². The number of amides is 2. The quantitative estimate of drug-likeness (QED) is 0.685. The molecule has 1 heterocycles. The van der Waals surface area contributed by atoms with Crippen molar-refractivity contribution in [3.63, 3.8) is 0 Å². The molecule has 3 rings (SSSR count). The average molecular weight is 387 g/mol. The molecule has 2 N–H and O–H groups in total. The average Bonchev–Trinajstić information content (AvgIpc) is 2.84. The lowest BCUT2D eigenvalue weighted by molar-refractivity contribution is -0.115. The topological polar surface area (TPSA) is 67.4 Å². The highest BCUT2D eigenvalue weighted by atomic mass is 32.1. The van der Waals surface area contributed by atoms with E-state index in [0.29, 0.717) is 29.3 Å². The van der Waals surface area contributed by atoms with Crippen molar-refractivity contribution in [3.8, 4) is 5.75 Å². The first-order valence-corrected chi connectivity index (χ1v) is 10.4. The SMILES string of the molecule is CCOc1ccc(NC(=O)c2c(NC(=O)CC)sc3c2CCCCC3)cc1. The highest BCUT2D eigenvalue weighted by Gasteiger charge is 2.25. The first-order valence-electron chi connectivity index (χ1n) is 9.61. The molecule has 144 valence electrons. The Hall–Kier alpha value is -2.34. The van der Waals surface area contributed by atoms with Crippen molar-refractivity contribution in [2.45, 2.75) is 52.4 Å². The molecule has 5 nitrogen and oxygen atoms in total. The lowest BCUT2D eigenvalue weighted by Gasteiger charge is -2.10. The van der Waals surface area contributed by atoms with Gasteiger partial charge in [0.25, 0.3) is 5.91 Å². The Balaban J connectivity index is 1.87. The van der Waals surface area contributed by atoms with Crippen molar-refractivity contribution in [1.82, 2.24) is 0 Å². The van der Waals surface area contributed by atoms with Gasteiger partial charge in [0, 0.05) is 17.0 Å². The van der Waals surface area contributed by atoms with Crippen molar-refractivity contribution < 1.29 is 14.3 Å². The van der Waals surface area contributed by atoms with Crippen LogP contribution >= 0.6 is 11.3 Å². The third-order valence-corrected chi connectivity index (χ3v) is 5.85. The molecule has 2 aromatic rings. The van der Waals surface area contributed by atoms with Crippen LogP contribution in [0.2, 0.25) is 0 Å². The number of anilines is 2. The number of carbonyl (C=O) groups is 2. The van der Waals surface area contributed by atoms with Gasteiger partial charge in [0.15, 0.2) is 0 Å². The van der Waals surface area contributed by atoms with Gasteiger partial charge in [0.2, 0.25) is 5.91 Å². The first kappa shape index (κ1) is 19.4. The predicted molar refractivity (Wildman–Crippen MR) is 110 cm³/mol. The number of aryl methyl sites for hydroxylation is 1. The van der Waals surface area contributed by atoms with Crippen LogP contribution in [0.1, 0.15) is 60.3 Å². The van der Waals surface area contributed by atoms with Crippen LogP contribution in [-0.2, 0) is 17.6 Å². The van der Waals surface area contributed by atoms with E-state index in [1.807, 2.05) is 38.1 Å². The molecule has 1 aliphatic rings. The Kier molecular flexibility index (Phi) is 6.50. The van der Waals surface area contributed by atoms with Crippen LogP contribution in [0.15, 0.2) is 24.3 Å². The highest BCUT2D eigenvalue weighted by Crippen LogP contribution is 2.38. The van der Waals surface area contributed by atoms with E-state index in [-0.39, 0.29) is 11.8 Å². The minimum atomic E-state index is -0.162. The molecule has 2 amide bonds. The molecule has 0 atom stereocenters. The Labute approximate surface area is 164 Å². The number of fused-ring (bicyclic) bond motifs is 1. The van der Waals surface area contributed by atoms with Crippen molar-refractivity contribution >= 4 is 33.8 Å². The van der Waals surface area contributed by atoms with Gasteiger partial charge in [0.1, 0.15) is 10.8 Å². The molecular weight excluding hydrogens is 360 g/mol. The van der Waals surface area contributed by atoms with E-state index in [9.17, 15) is 9.59 Å². The van der Waals surface area contributed by atoms with Gasteiger partial charge in [-0.2, -0.15) is 0 Å². The molecule has 6 heteroatoms. The number of hydrogen-bond donors (Lipinski definition) is 2. The molecule has 1 aromatic heterocycles. The molecule has 0 bridgehead atoms. The second kappa shape index (κ2) is 9.04. The predicted octanol–water partition coefficient (Wildman–Crippen LogP) is 5.02. The zero-order valence-electron chi connectivity index (χ0n) is 15.9. The van der Waals surface area contributed by atoms with E-state index in [1.165, 1.54) is 11.3 Å². The molecule has 0 unspecified atom stereocenters. The number of thiophene rings is 1. The van der Waals surface area contributed by atoms with Crippen LogP contribution in [0, 0.1) is 0 Å². The van der Waals surface area contributed by atoms with E-state index >= 15 is 0 Å². The molecule has 0 fully saturated rings. The van der Waals surface area contributed by atoms with Gasteiger partial charge in [-0.25, -0.2) is 0 Å². The highest BCUT2D eigenvalue weighted by molar-refractivity contribution is 7.17. The monoisotopic (exact) mass is 386 g/mol. The van der Waals surface area contributed by atoms with Gasteiger partial charge in [-0.1, -0.05) is 13.3 Å². The van der Waals surface area contributed by atoms with Gasteiger partial charge in [-0.15, -0.1) is 11.3 Å². The summed E-state index contributed by atoms with van der Waals surface area (Å²) < 4.78 is 5.44. The van der Waals surface area contributed by atoms with Gasteiger partial charge in [-0.3, -0.25) is 9.59 Å². The zero-order valence-corrected chi connectivity index (χ0v) is 16.7. The standard InChI is InChI=1S/C21H26N2O3S/c1-3-18(24)23-21-19(16-8-6-5-7-9-17(16)27-21)20(25)22-14-10-12-15(13-11-14)26-4-2/h10-13H,3-9H2,1-2H3,(H,22,25)(H,23,24).